The molecule has 0 aliphatic rings. The van der Waals surface area contributed by atoms with E-state index in [1.807, 2.05) is 35.1 Å². The zero-order valence-corrected chi connectivity index (χ0v) is 30.6. The molecule has 7 rings (SSSR count). The molecule has 0 fully saturated rings. The molecule has 0 saturated carbocycles. The Morgan fingerprint density at radius 2 is 1.60 bits per heavy atom. The van der Waals surface area contributed by atoms with Gasteiger partial charge >= 0.3 is 21.1 Å². The topological polar surface area (TPSA) is 54.1 Å². The van der Waals surface area contributed by atoms with Crippen molar-refractivity contribution in [1.29, 1.82) is 0 Å². The van der Waals surface area contributed by atoms with Crippen LogP contribution in [0.3, 0.4) is 0 Å². The predicted octanol–water partition coefficient (Wildman–Crippen LogP) is 9.94. The van der Waals surface area contributed by atoms with Crippen molar-refractivity contribution in [2.45, 2.75) is 48.0 Å². The van der Waals surface area contributed by atoms with Gasteiger partial charge in [0, 0.05) is 34.5 Å². The molecular weight excluding hydrogens is 776 g/mol. The van der Waals surface area contributed by atoms with Crippen LogP contribution in [0.15, 0.2) is 91.1 Å². The SMILES string of the molecule is COc1ccc2c(c1)c1ccc(Oc3[c-]c(-n4nc(C)c(-c5ccccc5)c4C)cc(CC(C)(C)C)c3)[c-]c1n2-c1cc(C)ccn1.[Pt+2]. The Hall–Kier alpha value is -4.67. The molecule has 0 aliphatic carbocycles. The third-order valence-electron chi connectivity index (χ3n) is 8.41. The molecule has 7 heteroatoms. The van der Waals surface area contributed by atoms with Gasteiger partial charge in [0.1, 0.15) is 11.6 Å². The number of nitrogens with zero attached hydrogens (tertiary/aromatic N) is 4. The first-order valence-electron chi connectivity index (χ1n) is 15.9. The standard InChI is InChI=1S/C41H38N4O2.Pt/c1-26-17-18-42-39(19-26)44-37-16-14-32(46-7)23-36(37)35-15-13-33(24-38(35)44)47-34-21-29(25-41(4,5)6)20-31(22-34)45-28(3)40(27(2)43-45)30-11-9-8-10-12-30;/h8-21,23H,25H2,1-7H3;/q-2;+2. The van der Waals surface area contributed by atoms with E-state index in [1.165, 1.54) is 0 Å². The Balaban J connectivity index is 0.00000401. The van der Waals surface area contributed by atoms with Crippen LogP contribution in [0.5, 0.6) is 17.2 Å². The molecule has 7 aromatic rings. The summed E-state index contributed by atoms with van der Waals surface area (Å²) in [4.78, 5) is 4.72. The summed E-state index contributed by atoms with van der Waals surface area (Å²) < 4.78 is 16.3. The minimum absolute atomic E-state index is 0. The van der Waals surface area contributed by atoms with Gasteiger partial charge in [-0.3, -0.25) is 4.68 Å². The van der Waals surface area contributed by atoms with E-state index in [0.29, 0.717) is 11.5 Å². The molecule has 4 aromatic carbocycles. The molecule has 3 heterocycles. The van der Waals surface area contributed by atoms with Gasteiger partial charge in [-0.15, -0.1) is 35.7 Å². The smallest absolute Gasteiger partial charge is 0.509 e. The van der Waals surface area contributed by atoms with Crippen LogP contribution in [0.2, 0.25) is 0 Å². The third-order valence-corrected chi connectivity index (χ3v) is 8.41. The fraction of sp³-hybridized carbons (Fsp3) is 0.220. The average Bonchev–Trinajstić information content (AvgIpc) is 3.52. The Bertz CT molecular complexity index is 2260. The summed E-state index contributed by atoms with van der Waals surface area (Å²) in [6.45, 7) is 13.0. The first-order valence-corrected chi connectivity index (χ1v) is 15.9. The van der Waals surface area contributed by atoms with E-state index >= 15 is 0 Å². The van der Waals surface area contributed by atoms with Crippen LogP contribution in [-0.2, 0) is 27.5 Å². The summed E-state index contributed by atoms with van der Waals surface area (Å²) in [5, 5.41) is 7.07. The number of hydrogen-bond donors (Lipinski definition) is 0. The molecule has 0 spiro atoms. The number of pyridine rings is 1. The average molecular weight is 814 g/mol. The van der Waals surface area contributed by atoms with Crippen molar-refractivity contribution < 1.29 is 30.5 Å². The number of ether oxygens (including phenoxy) is 2. The summed E-state index contributed by atoms with van der Waals surface area (Å²) >= 11 is 0. The van der Waals surface area contributed by atoms with Crippen molar-refractivity contribution in [3.05, 3.63) is 126 Å². The summed E-state index contributed by atoms with van der Waals surface area (Å²) in [7, 11) is 1.69. The quantitative estimate of drug-likeness (QED) is 0.151. The van der Waals surface area contributed by atoms with Gasteiger partial charge in [-0.2, -0.15) is 16.7 Å². The fourth-order valence-electron chi connectivity index (χ4n) is 6.46. The van der Waals surface area contributed by atoms with Crippen LogP contribution < -0.4 is 9.47 Å². The molecule has 0 amide bonds. The number of methoxy groups -OCH3 is 1. The van der Waals surface area contributed by atoms with E-state index in [1.54, 1.807) is 7.11 Å². The van der Waals surface area contributed by atoms with Crippen LogP contribution in [0, 0.1) is 38.3 Å². The molecule has 0 aliphatic heterocycles. The minimum atomic E-state index is 0. The summed E-state index contributed by atoms with van der Waals surface area (Å²) in [6, 6.07) is 36.0. The van der Waals surface area contributed by atoms with E-state index in [2.05, 4.69) is 119 Å². The van der Waals surface area contributed by atoms with Crippen molar-refractivity contribution in [3.63, 3.8) is 0 Å². The van der Waals surface area contributed by atoms with E-state index in [0.717, 1.165) is 79.1 Å². The van der Waals surface area contributed by atoms with Crippen LogP contribution >= 0.6 is 0 Å². The maximum absolute atomic E-state index is 6.61. The first-order chi connectivity index (χ1) is 22.6. The maximum Gasteiger partial charge on any atom is 2.00 e. The number of aryl methyl sites for hydroxylation is 2. The number of aromatic nitrogens is 4. The third kappa shape index (κ3) is 6.42. The van der Waals surface area contributed by atoms with Crippen LogP contribution in [-0.4, -0.2) is 26.4 Å². The summed E-state index contributed by atoms with van der Waals surface area (Å²) in [6.07, 6.45) is 2.71. The minimum Gasteiger partial charge on any atom is -0.509 e. The molecule has 0 N–H and O–H groups in total. The van der Waals surface area contributed by atoms with Crippen LogP contribution in [0.4, 0.5) is 0 Å². The van der Waals surface area contributed by atoms with Gasteiger partial charge in [-0.05, 0) is 85.1 Å². The Kier molecular flexibility index (Phi) is 9.06. The van der Waals surface area contributed by atoms with Gasteiger partial charge < -0.3 is 14.0 Å². The Labute approximate surface area is 296 Å². The van der Waals surface area contributed by atoms with Crippen LogP contribution in [0.25, 0.3) is 44.4 Å². The number of rotatable bonds is 7. The van der Waals surface area contributed by atoms with Gasteiger partial charge in [0.15, 0.2) is 0 Å². The second kappa shape index (κ2) is 13.1. The first kappa shape index (κ1) is 33.2. The van der Waals surface area contributed by atoms with Crippen molar-refractivity contribution in [2.75, 3.05) is 7.11 Å². The zero-order chi connectivity index (χ0) is 32.9. The fourth-order valence-corrected chi connectivity index (χ4v) is 6.46. The maximum atomic E-state index is 6.61. The van der Waals surface area contributed by atoms with Gasteiger partial charge in [0.2, 0.25) is 0 Å². The molecule has 0 radical (unpaired) electrons. The molecule has 0 unspecified atom stereocenters. The predicted molar refractivity (Wildman–Crippen MR) is 189 cm³/mol. The molecule has 48 heavy (non-hydrogen) atoms. The Morgan fingerprint density at radius 3 is 2.33 bits per heavy atom. The molecule has 244 valence electrons. The number of hydrogen-bond acceptors (Lipinski definition) is 4. The summed E-state index contributed by atoms with van der Waals surface area (Å²) in [5.41, 5.74) is 9.41. The van der Waals surface area contributed by atoms with Crippen molar-refractivity contribution in [1.82, 2.24) is 19.3 Å². The van der Waals surface area contributed by atoms with Gasteiger partial charge in [0.05, 0.1) is 12.8 Å². The van der Waals surface area contributed by atoms with Crippen molar-refractivity contribution in [3.8, 4) is 39.9 Å². The van der Waals surface area contributed by atoms with Crippen molar-refractivity contribution in [2.24, 2.45) is 5.41 Å². The molecule has 0 saturated heterocycles. The van der Waals surface area contributed by atoms with Crippen molar-refractivity contribution >= 4 is 21.8 Å². The normalized spacial score (nSPS) is 11.6. The summed E-state index contributed by atoms with van der Waals surface area (Å²) in [5.74, 6) is 2.83. The molecule has 0 bridgehead atoms. The van der Waals surface area contributed by atoms with E-state index in [4.69, 9.17) is 19.6 Å². The van der Waals surface area contributed by atoms with Gasteiger partial charge in [-0.25, -0.2) is 4.98 Å². The van der Waals surface area contributed by atoms with Crippen LogP contribution in [0.1, 0.15) is 43.3 Å². The number of fused-ring (bicyclic) bond motifs is 3. The molecule has 3 aromatic heterocycles. The monoisotopic (exact) mass is 813 g/mol. The second-order valence-electron chi connectivity index (χ2n) is 13.4. The largest absolute Gasteiger partial charge is 2.00 e. The van der Waals surface area contributed by atoms with E-state index in [-0.39, 0.29) is 26.5 Å². The second-order valence-corrected chi connectivity index (χ2v) is 13.4. The zero-order valence-electron chi connectivity index (χ0n) is 28.3. The van der Waals surface area contributed by atoms with E-state index in [9.17, 15) is 0 Å². The molecule has 6 nitrogen and oxygen atoms in total. The Morgan fingerprint density at radius 1 is 0.812 bits per heavy atom. The van der Waals surface area contributed by atoms with Gasteiger partial charge in [-0.1, -0.05) is 56.6 Å². The van der Waals surface area contributed by atoms with E-state index < -0.39 is 0 Å². The van der Waals surface area contributed by atoms with Gasteiger partial charge in [0.25, 0.3) is 0 Å². The molecular formula is C41H38N4O2Pt. The molecule has 0 atom stereocenters. The number of benzene rings is 4.